The Morgan fingerprint density at radius 2 is 1.83 bits per heavy atom. The van der Waals surface area contributed by atoms with E-state index in [1.165, 1.54) is 11.5 Å². The third-order valence-electron chi connectivity index (χ3n) is 3.80. The van der Waals surface area contributed by atoms with Gasteiger partial charge in [-0.2, -0.15) is 0 Å². The lowest BCUT2D eigenvalue weighted by Crippen LogP contribution is -2.14. The molecule has 0 spiro atoms. The van der Waals surface area contributed by atoms with Gasteiger partial charge in [-0.1, -0.05) is 6.07 Å². The average molecular weight is 324 g/mol. The molecular formula is C18H16N2O4. The molecule has 6 heteroatoms. The Hall–Kier alpha value is -3.15. The zero-order valence-corrected chi connectivity index (χ0v) is 13.3. The molecule has 0 fully saturated rings. The fourth-order valence-corrected chi connectivity index (χ4v) is 2.46. The maximum atomic E-state index is 12.2. The van der Waals surface area contributed by atoms with Crippen molar-refractivity contribution in [1.29, 1.82) is 0 Å². The summed E-state index contributed by atoms with van der Waals surface area (Å²) in [7, 11) is 1.62. The zero-order chi connectivity index (χ0) is 17.3. The third-order valence-corrected chi connectivity index (χ3v) is 3.80. The number of amides is 1. The van der Waals surface area contributed by atoms with Crippen molar-refractivity contribution in [3.63, 3.8) is 0 Å². The standard InChI is InChI=1S/C18H16N2O4/c1-11(21)13-4-6-14(7-5-13)19-17(22)10-12-3-8-16-15(9-12)20(2)18(23)24-16/h3-9H,10H2,1-2H3,(H,19,22). The van der Waals surface area contributed by atoms with Gasteiger partial charge in [0.15, 0.2) is 11.4 Å². The summed E-state index contributed by atoms with van der Waals surface area (Å²) in [6.45, 7) is 1.49. The topological polar surface area (TPSA) is 81.3 Å². The number of carbonyl (C=O) groups excluding carboxylic acids is 2. The van der Waals surface area contributed by atoms with Crippen molar-refractivity contribution in [1.82, 2.24) is 4.57 Å². The first kappa shape index (κ1) is 15.7. The molecule has 3 aromatic rings. The van der Waals surface area contributed by atoms with Crippen LogP contribution in [0.4, 0.5) is 5.69 Å². The molecule has 1 N–H and O–H groups in total. The number of aryl methyl sites for hydroxylation is 1. The number of nitrogens with one attached hydrogen (secondary N) is 1. The number of hydrogen-bond acceptors (Lipinski definition) is 4. The second kappa shape index (κ2) is 6.16. The maximum Gasteiger partial charge on any atom is 0.419 e. The van der Waals surface area contributed by atoms with Crippen LogP contribution in [0.15, 0.2) is 51.7 Å². The van der Waals surface area contributed by atoms with Gasteiger partial charge in [0.05, 0.1) is 11.9 Å². The Morgan fingerprint density at radius 3 is 2.50 bits per heavy atom. The van der Waals surface area contributed by atoms with Crippen LogP contribution in [-0.4, -0.2) is 16.3 Å². The fourth-order valence-electron chi connectivity index (χ4n) is 2.46. The van der Waals surface area contributed by atoms with Gasteiger partial charge in [-0.3, -0.25) is 14.2 Å². The van der Waals surface area contributed by atoms with E-state index in [2.05, 4.69) is 5.32 Å². The summed E-state index contributed by atoms with van der Waals surface area (Å²) in [4.78, 5) is 34.9. The molecule has 0 aliphatic heterocycles. The van der Waals surface area contributed by atoms with E-state index in [1.54, 1.807) is 49.5 Å². The van der Waals surface area contributed by atoms with E-state index in [9.17, 15) is 14.4 Å². The number of hydrogen-bond donors (Lipinski definition) is 1. The average Bonchev–Trinajstić information content (AvgIpc) is 2.82. The predicted octanol–water partition coefficient (Wildman–Crippen LogP) is 2.52. The van der Waals surface area contributed by atoms with E-state index >= 15 is 0 Å². The molecule has 0 bridgehead atoms. The monoisotopic (exact) mass is 324 g/mol. The first-order valence-electron chi connectivity index (χ1n) is 7.43. The molecule has 0 saturated heterocycles. The molecule has 0 saturated carbocycles. The van der Waals surface area contributed by atoms with Gasteiger partial charge in [-0.25, -0.2) is 4.79 Å². The van der Waals surface area contributed by atoms with E-state index in [-0.39, 0.29) is 18.1 Å². The van der Waals surface area contributed by atoms with E-state index < -0.39 is 5.76 Å². The highest BCUT2D eigenvalue weighted by molar-refractivity contribution is 5.96. The first-order chi connectivity index (χ1) is 11.4. The molecule has 1 aromatic heterocycles. The smallest absolute Gasteiger partial charge is 0.408 e. The summed E-state index contributed by atoms with van der Waals surface area (Å²) in [5.41, 5.74) is 3.14. The summed E-state index contributed by atoms with van der Waals surface area (Å²) < 4.78 is 6.46. The summed E-state index contributed by atoms with van der Waals surface area (Å²) in [6, 6.07) is 11.9. The molecule has 0 aliphatic rings. The second-order valence-electron chi connectivity index (χ2n) is 5.59. The van der Waals surface area contributed by atoms with Crippen molar-refractivity contribution in [2.75, 3.05) is 5.32 Å². The van der Waals surface area contributed by atoms with E-state index in [1.807, 2.05) is 0 Å². The van der Waals surface area contributed by atoms with Crippen molar-refractivity contribution in [3.8, 4) is 0 Å². The number of fused-ring (bicyclic) bond motifs is 1. The van der Waals surface area contributed by atoms with E-state index in [0.29, 0.717) is 22.4 Å². The number of oxazole rings is 1. The zero-order valence-electron chi connectivity index (χ0n) is 13.3. The number of carbonyl (C=O) groups is 2. The molecule has 0 unspecified atom stereocenters. The summed E-state index contributed by atoms with van der Waals surface area (Å²) in [5, 5.41) is 2.78. The Morgan fingerprint density at radius 1 is 1.12 bits per heavy atom. The van der Waals surface area contributed by atoms with E-state index in [4.69, 9.17) is 4.42 Å². The summed E-state index contributed by atoms with van der Waals surface area (Å²) in [5.74, 6) is -0.637. The molecular weight excluding hydrogens is 308 g/mol. The van der Waals surface area contributed by atoms with Crippen LogP contribution >= 0.6 is 0 Å². The maximum absolute atomic E-state index is 12.2. The van der Waals surface area contributed by atoms with Gasteiger partial charge in [0.2, 0.25) is 5.91 Å². The Labute approximate surface area is 137 Å². The van der Waals surface area contributed by atoms with Crippen LogP contribution < -0.4 is 11.1 Å². The van der Waals surface area contributed by atoms with Crippen LogP contribution in [0.5, 0.6) is 0 Å². The van der Waals surface area contributed by atoms with Gasteiger partial charge >= 0.3 is 5.76 Å². The van der Waals surface area contributed by atoms with Crippen molar-refractivity contribution < 1.29 is 14.0 Å². The van der Waals surface area contributed by atoms with Gasteiger partial charge in [0.25, 0.3) is 0 Å². The molecule has 0 radical (unpaired) electrons. The molecule has 1 amide bonds. The van der Waals surface area contributed by atoms with Crippen molar-refractivity contribution in [3.05, 3.63) is 64.1 Å². The normalized spacial score (nSPS) is 10.8. The van der Waals surface area contributed by atoms with Crippen LogP contribution in [0.2, 0.25) is 0 Å². The van der Waals surface area contributed by atoms with Crippen molar-refractivity contribution in [2.24, 2.45) is 7.05 Å². The minimum Gasteiger partial charge on any atom is -0.408 e. The summed E-state index contributed by atoms with van der Waals surface area (Å²) in [6.07, 6.45) is 0.170. The highest BCUT2D eigenvalue weighted by Gasteiger charge is 2.09. The Kier molecular flexibility index (Phi) is 4.04. The van der Waals surface area contributed by atoms with Crippen LogP contribution in [0.3, 0.4) is 0 Å². The highest BCUT2D eigenvalue weighted by atomic mass is 16.4. The largest absolute Gasteiger partial charge is 0.419 e. The van der Waals surface area contributed by atoms with Crippen molar-refractivity contribution >= 4 is 28.5 Å². The SMILES string of the molecule is CC(=O)c1ccc(NC(=O)Cc2ccc3oc(=O)n(C)c3c2)cc1. The van der Waals surface area contributed by atoms with Crippen LogP contribution in [-0.2, 0) is 18.3 Å². The quantitative estimate of drug-likeness (QED) is 0.748. The first-order valence-corrected chi connectivity index (χ1v) is 7.43. The number of ketones is 1. The number of benzene rings is 2. The van der Waals surface area contributed by atoms with Crippen molar-refractivity contribution in [2.45, 2.75) is 13.3 Å². The van der Waals surface area contributed by atoms with Gasteiger partial charge in [0.1, 0.15) is 0 Å². The lowest BCUT2D eigenvalue weighted by atomic mass is 10.1. The molecule has 1 heterocycles. The molecule has 3 rings (SSSR count). The fraction of sp³-hybridized carbons (Fsp3) is 0.167. The van der Waals surface area contributed by atoms with Gasteiger partial charge < -0.3 is 9.73 Å². The van der Waals surface area contributed by atoms with Crippen LogP contribution in [0.1, 0.15) is 22.8 Å². The molecule has 6 nitrogen and oxygen atoms in total. The number of nitrogens with zero attached hydrogens (tertiary/aromatic N) is 1. The van der Waals surface area contributed by atoms with Gasteiger partial charge in [-0.05, 0) is 48.9 Å². The minimum absolute atomic E-state index is 0.0214. The van der Waals surface area contributed by atoms with Crippen LogP contribution in [0.25, 0.3) is 11.1 Å². The number of rotatable bonds is 4. The molecule has 122 valence electrons. The molecule has 0 atom stereocenters. The number of anilines is 1. The second-order valence-corrected chi connectivity index (χ2v) is 5.59. The Balaban J connectivity index is 1.73. The molecule has 0 aliphatic carbocycles. The Bertz CT molecular complexity index is 980. The third kappa shape index (κ3) is 3.12. The lowest BCUT2D eigenvalue weighted by Gasteiger charge is -2.06. The predicted molar refractivity (Wildman–Crippen MR) is 90.2 cm³/mol. The molecule has 24 heavy (non-hydrogen) atoms. The number of Topliss-reactive ketones (excluding diaryl/α,β-unsaturated/α-hetero) is 1. The summed E-state index contributed by atoms with van der Waals surface area (Å²) >= 11 is 0. The number of aromatic nitrogens is 1. The highest BCUT2D eigenvalue weighted by Crippen LogP contribution is 2.16. The minimum atomic E-state index is -0.433. The van der Waals surface area contributed by atoms with E-state index in [0.717, 1.165) is 5.56 Å². The lowest BCUT2D eigenvalue weighted by molar-refractivity contribution is -0.115. The van der Waals surface area contributed by atoms with Crippen LogP contribution in [0, 0.1) is 0 Å². The van der Waals surface area contributed by atoms with Gasteiger partial charge in [0, 0.05) is 18.3 Å². The molecule has 2 aromatic carbocycles. The van der Waals surface area contributed by atoms with Gasteiger partial charge in [-0.15, -0.1) is 0 Å².